The minimum absolute atomic E-state index is 0.0244. The maximum atomic E-state index is 13.4. The molecule has 2 amide bonds. The molecule has 25 heavy (non-hydrogen) atoms. The lowest BCUT2D eigenvalue weighted by molar-refractivity contribution is -0.140. The number of halogens is 1. The normalized spacial score (nSPS) is 17.7. The summed E-state index contributed by atoms with van der Waals surface area (Å²) in [6.07, 6.45) is 1.03. The third kappa shape index (κ3) is 3.87. The molecule has 1 unspecified atom stereocenters. The van der Waals surface area contributed by atoms with E-state index in [0.717, 1.165) is 5.56 Å². The monoisotopic (exact) mass is 340 g/mol. The molecule has 1 aliphatic rings. The van der Waals surface area contributed by atoms with Crippen LogP contribution in [0.4, 0.5) is 10.1 Å². The van der Waals surface area contributed by atoms with Crippen molar-refractivity contribution in [2.24, 2.45) is 0 Å². The summed E-state index contributed by atoms with van der Waals surface area (Å²) in [6.45, 7) is 2.56. The van der Waals surface area contributed by atoms with E-state index in [9.17, 15) is 14.0 Å². The maximum absolute atomic E-state index is 13.4. The van der Waals surface area contributed by atoms with E-state index >= 15 is 0 Å². The topological polar surface area (TPSA) is 40.6 Å². The van der Waals surface area contributed by atoms with Crippen LogP contribution in [0.2, 0.25) is 0 Å². The highest BCUT2D eigenvalue weighted by molar-refractivity contribution is 6.00. The SMILES string of the molecule is CC1C(=O)N(c2cccc(F)c2)CCN1C(=O)CCc1ccccc1. The lowest BCUT2D eigenvalue weighted by atomic mass is 10.1. The van der Waals surface area contributed by atoms with Crippen molar-refractivity contribution >= 4 is 17.5 Å². The molecule has 1 fully saturated rings. The summed E-state index contributed by atoms with van der Waals surface area (Å²) in [5.41, 5.74) is 1.64. The fourth-order valence-corrected chi connectivity index (χ4v) is 3.15. The summed E-state index contributed by atoms with van der Waals surface area (Å²) >= 11 is 0. The van der Waals surface area contributed by atoms with Crippen LogP contribution in [0.15, 0.2) is 54.6 Å². The van der Waals surface area contributed by atoms with Crippen LogP contribution in [0.1, 0.15) is 18.9 Å². The number of amides is 2. The maximum Gasteiger partial charge on any atom is 0.249 e. The standard InChI is InChI=1S/C20H21FN2O2/c1-15-20(25)23(18-9-5-8-17(21)14-18)13-12-22(15)19(24)11-10-16-6-3-2-4-7-16/h2-9,14-15H,10-13H2,1H3. The number of rotatable bonds is 4. The number of aryl methyl sites for hydroxylation is 1. The van der Waals surface area contributed by atoms with Crippen molar-refractivity contribution in [3.8, 4) is 0 Å². The highest BCUT2D eigenvalue weighted by atomic mass is 19.1. The molecular weight excluding hydrogens is 319 g/mol. The number of nitrogens with zero attached hydrogens (tertiary/aromatic N) is 2. The lowest BCUT2D eigenvalue weighted by Crippen LogP contribution is -2.57. The van der Waals surface area contributed by atoms with Crippen LogP contribution in [-0.2, 0) is 16.0 Å². The molecule has 0 bridgehead atoms. The summed E-state index contributed by atoms with van der Waals surface area (Å²) in [5, 5.41) is 0. The van der Waals surface area contributed by atoms with E-state index in [1.165, 1.54) is 12.1 Å². The van der Waals surface area contributed by atoms with Gasteiger partial charge in [0.05, 0.1) is 0 Å². The van der Waals surface area contributed by atoms with Gasteiger partial charge in [0.15, 0.2) is 0 Å². The van der Waals surface area contributed by atoms with Crippen LogP contribution in [0, 0.1) is 5.82 Å². The lowest BCUT2D eigenvalue weighted by Gasteiger charge is -2.39. The first kappa shape index (κ1) is 17.1. The molecule has 0 radical (unpaired) electrons. The Balaban J connectivity index is 1.64. The van der Waals surface area contributed by atoms with Gasteiger partial charge in [0.25, 0.3) is 0 Å². The Labute approximate surface area is 146 Å². The molecule has 1 saturated heterocycles. The number of anilines is 1. The smallest absolute Gasteiger partial charge is 0.249 e. The van der Waals surface area contributed by atoms with E-state index < -0.39 is 6.04 Å². The second-order valence-corrected chi connectivity index (χ2v) is 6.22. The molecule has 0 saturated carbocycles. The van der Waals surface area contributed by atoms with Crippen molar-refractivity contribution in [3.63, 3.8) is 0 Å². The summed E-state index contributed by atoms with van der Waals surface area (Å²) in [4.78, 5) is 28.3. The van der Waals surface area contributed by atoms with Gasteiger partial charge in [-0.25, -0.2) is 4.39 Å². The van der Waals surface area contributed by atoms with Crippen LogP contribution in [0.5, 0.6) is 0 Å². The van der Waals surface area contributed by atoms with E-state index in [1.807, 2.05) is 30.3 Å². The molecule has 3 rings (SSSR count). The van der Waals surface area contributed by atoms with Crippen molar-refractivity contribution in [2.45, 2.75) is 25.8 Å². The van der Waals surface area contributed by atoms with Gasteiger partial charge in [-0.15, -0.1) is 0 Å². The molecule has 0 aromatic heterocycles. The second-order valence-electron chi connectivity index (χ2n) is 6.22. The highest BCUT2D eigenvalue weighted by Crippen LogP contribution is 2.22. The van der Waals surface area contributed by atoms with Crippen LogP contribution < -0.4 is 4.90 Å². The van der Waals surface area contributed by atoms with Gasteiger partial charge < -0.3 is 9.80 Å². The summed E-state index contributed by atoms with van der Waals surface area (Å²) in [7, 11) is 0. The average molecular weight is 340 g/mol. The quantitative estimate of drug-likeness (QED) is 0.858. The fraction of sp³-hybridized carbons (Fsp3) is 0.300. The molecule has 1 atom stereocenters. The Morgan fingerprint density at radius 1 is 1.12 bits per heavy atom. The number of carbonyl (C=O) groups excluding carboxylic acids is 2. The zero-order valence-electron chi connectivity index (χ0n) is 14.2. The van der Waals surface area contributed by atoms with Crippen LogP contribution in [-0.4, -0.2) is 35.8 Å². The molecule has 5 heteroatoms. The molecule has 2 aromatic rings. The van der Waals surface area contributed by atoms with Crippen molar-refractivity contribution in [3.05, 3.63) is 66.0 Å². The first-order valence-electron chi connectivity index (χ1n) is 8.46. The molecule has 4 nitrogen and oxygen atoms in total. The van der Waals surface area contributed by atoms with E-state index in [0.29, 0.717) is 31.6 Å². The number of benzene rings is 2. The Hall–Kier alpha value is -2.69. The van der Waals surface area contributed by atoms with Gasteiger partial charge in [-0.05, 0) is 37.1 Å². The van der Waals surface area contributed by atoms with Crippen molar-refractivity contribution < 1.29 is 14.0 Å². The van der Waals surface area contributed by atoms with Gasteiger partial charge in [-0.1, -0.05) is 36.4 Å². The van der Waals surface area contributed by atoms with Gasteiger partial charge in [-0.2, -0.15) is 0 Å². The van der Waals surface area contributed by atoms with Crippen molar-refractivity contribution in [2.75, 3.05) is 18.0 Å². The number of hydrogen-bond acceptors (Lipinski definition) is 2. The van der Waals surface area contributed by atoms with Crippen molar-refractivity contribution in [1.29, 1.82) is 0 Å². The second kappa shape index (κ2) is 7.47. The zero-order valence-corrected chi connectivity index (χ0v) is 14.2. The molecule has 1 aliphatic heterocycles. The largest absolute Gasteiger partial charge is 0.329 e. The van der Waals surface area contributed by atoms with Gasteiger partial charge in [0.2, 0.25) is 11.8 Å². The molecular formula is C20H21FN2O2. The molecule has 1 heterocycles. The molecule has 130 valence electrons. The zero-order chi connectivity index (χ0) is 17.8. The van der Waals surface area contributed by atoms with E-state index in [2.05, 4.69) is 0 Å². The van der Waals surface area contributed by atoms with Crippen molar-refractivity contribution in [1.82, 2.24) is 4.90 Å². The molecule has 0 spiro atoms. The van der Waals surface area contributed by atoms with Crippen LogP contribution in [0.3, 0.4) is 0 Å². The first-order chi connectivity index (χ1) is 12.1. The summed E-state index contributed by atoms with van der Waals surface area (Å²) < 4.78 is 13.4. The summed E-state index contributed by atoms with van der Waals surface area (Å²) in [6, 6.07) is 15.3. The Bertz CT molecular complexity index is 763. The minimum atomic E-state index is -0.541. The van der Waals surface area contributed by atoms with Gasteiger partial charge in [0.1, 0.15) is 11.9 Å². The average Bonchev–Trinajstić information content (AvgIpc) is 2.63. The number of carbonyl (C=O) groups is 2. The van der Waals surface area contributed by atoms with Gasteiger partial charge in [-0.3, -0.25) is 9.59 Å². The molecule has 0 aliphatic carbocycles. The van der Waals surface area contributed by atoms with Crippen LogP contribution >= 0.6 is 0 Å². The summed E-state index contributed by atoms with van der Waals surface area (Å²) in [5.74, 6) is -0.576. The van der Waals surface area contributed by atoms with Crippen LogP contribution in [0.25, 0.3) is 0 Å². The van der Waals surface area contributed by atoms with E-state index in [-0.39, 0.29) is 17.6 Å². The van der Waals surface area contributed by atoms with E-state index in [1.54, 1.807) is 28.9 Å². The van der Waals surface area contributed by atoms with Gasteiger partial charge >= 0.3 is 0 Å². The Kier molecular flexibility index (Phi) is 5.12. The van der Waals surface area contributed by atoms with E-state index in [4.69, 9.17) is 0 Å². The number of piperazine rings is 1. The third-order valence-electron chi connectivity index (χ3n) is 4.57. The predicted molar refractivity (Wildman–Crippen MR) is 94.7 cm³/mol. The molecule has 0 N–H and O–H groups in total. The first-order valence-corrected chi connectivity index (χ1v) is 8.46. The predicted octanol–water partition coefficient (Wildman–Crippen LogP) is 3.02. The third-order valence-corrected chi connectivity index (χ3v) is 4.57. The minimum Gasteiger partial charge on any atom is -0.329 e. The fourth-order valence-electron chi connectivity index (χ4n) is 3.15. The molecule has 2 aromatic carbocycles. The van der Waals surface area contributed by atoms with Gasteiger partial charge in [0, 0.05) is 25.2 Å². The number of hydrogen-bond donors (Lipinski definition) is 0. The highest BCUT2D eigenvalue weighted by Gasteiger charge is 2.34. The Morgan fingerprint density at radius 2 is 1.88 bits per heavy atom. The Morgan fingerprint density at radius 3 is 2.60 bits per heavy atom.